The summed E-state index contributed by atoms with van der Waals surface area (Å²) < 4.78 is 5.29. The molecule has 2 atom stereocenters. The van der Waals surface area contributed by atoms with E-state index in [9.17, 15) is 14.4 Å². The lowest BCUT2D eigenvalue weighted by Gasteiger charge is -2.18. The van der Waals surface area contributed by atoms with Crippen LogP contribution in [0, 0.1) is 5.41 Å². The first kappa shape index (κ1) is 21.5. The second kappa shape index (κ2) is 8.05. The van der Waals surface area contributed by atoms with Gasteiger partial charge in [0.15, 0.2) is 10.3 Å². The molecule has 0 aromatic carbocycles. The summed E-state index contributed by atoms with van der Waals surface area (Å²) in [5.41, 5.74) is -0.862. The molecule has 2 unspecified atom stereocenters. The number of carbonyl (C=O) groups is 3. The number of likely N-dealkylation sites (N-methyl/N-ethyl adjacent to an activating group) is 1. The fraction of sp³-hybridized carbons (Fsp3) is 0.588. The van der Waals surface area contributed by atoms with Gasteiger partial charge in [-0.05, 0) is 46.4 Å². The van der Waals surface area contributed by atoms with Crippen molar-refractivity contribution in [1.82, 2.24) is 9.80 Å². The van der Waals surface area contributed by atoms with E-state index in [1.807, 2.05) is 6.92 Å². The smallest absolute Gasteiger partial charge is 0.312 e. The monoisotopic (exact) mass is 412 g/mol. The molecule has 0 radical (unpaired) electrons. The van der Waals surface area contributed by atoms with Gasteiger partial charge in [0.1, 0.15) is 0 Å². The largest absolute Gasteiger partial charge is 0.440 e. The van der Waals surface area contributed by atoms with Crippen LogP contribution in [0.5, 0.6) is 0 Å². The molecule has 2 rings (SSSR count). The van der Waals surface area contributed by atoms with Crippen molar-refractivity contribution in [3.8, 4) is 0 Å². The molecule has 8 nitrogen and oxygen atoms in total. The lowest BCUT2D eigenvalue weighted by atomic mass is 9.97. The second-order valence-electron chi connectivity index (χ2n) is 7.41. The van der Waals surface area contributed by atoms with Crippen LogP contribution >= 0.6 is 23.5 Å². The van der Waals surface area contributed by atoms with E-state index in [2.05, 4.69) is 16.8 Å². The second-order valence-corrected chi connectivity index (χ2v) is 9.75. The van der Waals surface area contributed by atoms with E-state index in [1.54, 1.807) is 34.7 Å². The normalized spacial score (nSPS) is 26.4. The van der Waals surface area contributed by atoms with Crippen LogP contribution in [-0.2, 0) is 19.1 Å². The van der Waals surface area contributed by atoms with Gasteiger partial charge in [-0.1, -0.05) is 23.9 Å². The van der Waals surface area contributed by atoms with Crippen LogP contribution in [0.25, 0.3) is 0 Å². The number of ether oxygens (including phenoxy) is 1. The Morgan fingerprint density at radius 2 is 1.78 bits per heavy atom. The van der Waals surface area contributed by atoms with E-state index in [0.717, 1.165) is 17.3 Å². The first-order valence-electron chi connectivity index (χ1n) is 8.35. The van der Waals surface area contributed by atoms with Crippen molar-refractivity contribution in [3.63, 3.8) is 0 Å². The third kappa shape index (κ3) is 4.92. The average molecular weight is 413 g/mol. The molecule has 2 saturated heterocycles. The van der Waals surface area contributed by atoms with Crippen molar-refractivity contribution in [2.24, 2.45) is 15.6 Å². The van der Waals surface area contributed by atoms with Gasteiger partial charge in [-0.25, -0.2) is 0 Å². The molecule has 2 heterocycles. The zero-order valence-corrected chi connectivity index (χ0v) is 17.9. The van der Waals surface area contributed by atoms with E-state index in [-0.39, 0.29) is 17.1 Å². The van der Waals surface area contributed by atoms with Crippen molar-refractivity contribution in [1.29, 1.82) is 0 Å². The molecular formula is C17H24N4O4S2. The van der Waals surface area contributed by atoms with E-state index in [4.69, 9.17) is 4.74 Å². The van der Waals surface area contributed by atoms with Crippen LogP contribution in [0.1, 0.15) is 34.6 Å². The SMILES string of the molecule is C=C(C)CN1C(=O)C(C)S/C1=N/N=C1/SC(OC(=O)C(C)(C)C)C(=O)N1C. The van der Waals surface area contributed by atoms with E-state index in [1.165, 1.54) is 21.6 Å². The Labute approximate surface area is 167 Å². The minimum absolute atomic E-state index is 0.0533. The highest BCUT2D eigenvalue weighted by molar-refractivity contribution is 8.16. The number of thioether (sulfide) groups is 2. The van der Waals surface area contributed by atoms with Gasteiger partial charge in [0.2, 0.25) is 11.3 Å². The van der Waals surface area contributed by atoms with Gasteiger partial charge in [0, 0.05) is 13.6 Å². The molecule has 2 aliphatic rings. The van der Waals surface area contributed by atoms with E-state index in [0.29, 0.717) is 16.9 Å². The fourth-order valence-corrected chi connectivity index (χ4v) is 3.92. The molecule has 0 bridgehead atoms. The Kier molecular flexibility index (Phi) is 6.41. The van der Waals surface area contributed by atoms with Crippen LogP contribution in [0.3, 0.4) is 0 Å². The first-order chi connectivity index (χ1) is 12.4. The summed E-state index contributed by atoms with van der Waals surface area (Å²) in [6, 6.07) is 0. The Bertz CT molecular complexity index is 742. The molecule has 0 aliphatic carbocycles. The fourth-order valence-electron chi connectivity index (χ4n) is 2.08. The minimum Gasteiger partial charge on any atom is -0.440 e. The molecular weight excluding hydrogens is 388 g/mol. The van der Waals surface area contributed by atoms with E-state index >= 15 is 0 Å². The summed E-state index contributed by atoms with van der Waals surface area (Å²) in [6.45, 7) is 13.0. The number of hydrogen-bond acceptors (Lipinski definition) is 8. The summed E-state index contributed by atoms with van der Waals surface area (Å²) in [5, 5.41) is 8.80. The molecule has 2 fully saturated rings. The molecule has 0 N–H and O–H groups in total. The summed E-state index contributed by atoms with van der Waals surface area (Å²) in [5.74, 6) is -0.894. The molecule has 10 heteroatoms. The van der Waals surface area contributed by atoms with E-state index < -0.39 is 16.8 Å². The highest BCUT2D eigenvalue weighted by Gasteiger charge is 2.41. The summed E-state index contributed by atoms with van der Waals surface area (Å²) in [4.78, 5) is 39.4. The zero-order valence-electron chi connectivity index (χ0n) is 16.3. The molecule has 0 spiro atoms. The van der Waals surface area contributed by atoms with Crippen LogP contribution in [0.2, 0.25) is 0 Å². The first-order valence-corrected chi connectivity index (χ1v) is 10.1. The number of amidine groups is 2. The van der Waals surface area contributed by atoms with Crippen molar-refractivity contribution < 1.29 is 19.1 Å². The standard InChI is InChI=1S/C17H24N4O4S2/c1-9(2)8-21-11(22)10(3)26-16(21)19-18-15-20(7)12(23)13(27-15)25-14(24)17(4,5)6/h10,13H,1,8H2,2-7H3/b18-15+,19-16+. The maximum atomic E-state index is 12.3. The molecule has 0 aromatic heterocycles. The van der Waals surface area contributed by atoms with Crippen LogP contribution in [-0.4, -0.2) is 62.2 Å². The predicted molar refractivity (Wildman–Crippen MR) is 108 cm³/mol. The Hall–Kier alpha value is -1.81. The average Bonchev–Trinajstić information content (AvgIpc) is 2.96. The van der Waals surface area contributed by atoms with Gasteiger partial charge in [0.25, 0.3) is 5.91 Å². The number of nitrogens with zero attached hydrogens (tertiary/aromatic N) is 4. The minimum atomic E-state index is -0.982. The quantitative estimate of drug-likeness (QED) is 0.400. The van der Waals surface area contributed by atoms with Crippen LogP contribution in [0.15, 0.2) is 22.4 Å². The van der Waals surface area contributed by atoms with Crippen molar-refractivity contribution in [2.75, 3.05) is 13.6 Å². The van der Waals surface area contributed by atoms with Gasteiger partial charge in [0.05, 0.1) is 10.7 Å². The molecule has 2 aliphatic heterocycles. The lowest BCUT2D eigenvalue weighted by molar-refractivity contribution is -0.159. The van der Waals surface area contributed by atoms with Gasteiger partial charge >= 0.3 is 5.97 Å². The van der Waals surface area contributed by atoms with Gasteiger partial charge in [-0.3, -0.25) is 24.2 Å². The highest BCUT2D eigenvalue weighted by Crippen LogP contribution is 2.31. The van der Waals surface area contributed by atoms with Crippen molar-refractivity contribution >= 4 is 51.6 Å². The maximum Gasteiger partial charge on any atom is 0.312 e. The third-order valence-electron chi connectivity index (χ3n) is 3.63. The molecule has 27 heavy (non-hydrogen) atoms. The number of amides is 2. The van der Waals surface area contributed by atoms with Crippen molar-refractivity contribution in [2.45, 2.75) is 45.3 Å². The number of rotatable bonds is 4. The van der Waals surface area contributed by atoms with Crippen LogP contribution in [0.4, 0.5) is 0 Å². The third-order valence-corrected chi connectivity index (χ3v) is 5.78. The Morgan fingerprint density at radius 3 is 2.33 bits per heavy atom. The van der Waals surface area contributed by atoms with Gasteiger partial charge in [-0.2, -0.15) is 0 Å². The molecule has 2 amide bonds. The topological polar surface area (TPSA) is 91.6 Å². The zero-order chi connectivity index (χ0) is 20.5. The Morgan fingerprint density at radius 1 is 1.19 bits per heavy atom. The summed E-state index contributed by atoms with van der Waals surface area (Å²) >= 11 is 2.32. The number of esters is 1. The molecule has 148 valence electrons. The van der Waals surface area contributed by atoms with Gasteiger partial charge in [-0.15, -0.1) is 10.2 Å². The summed E-state index contributed by atoms with van der Waals surface area (Å²) in [7, 11) is 1.54. The molecule has 0 saturated carbocycles. The Balaban J connectivity index is 2.17. The lowest BCUT2D eigenvalue weighted by Crippen LogP contribution is -2.33. The number of carbonyl (C=O) groups excluding carboxylic acids is 3. The number of hydrogen-bond donors (Lipinski definition) is 0. The predicted octanol–water partition coefficient (Wildman–Crippen LogP) is 2.27. The van der Waals surface area contributed by atoms with Crippen molar-refractivity contribution in [3.05, 3.63) is 12.2 Å². The molecule has 0 aromatic rings. The van der Waals surface area contributed by atoms with Gasteiger partial charge < -0.3 is 4.74 Å². The highest BCUT2D eigenvalue weighted by atomic mass is 32.2. The van der Waals surface area contributed by atoms with Crippen LogP contribution < -0.4 is 0 Å². The maximum absolute atomic E-state index is 12.3. The summed E-state index contributed by atoms with van der Waals surface area (Å²) in [6.07, 6.45) is 0.